The summed E-state index contributed by atoms with van der Waals surface area (Å²) >= 11 is 7.54. The molecule has 4 heteroatoms. The van der Waals surface area contributed by atoms with E-state index in [1.165, 1.54) is 10.4 Å². The number of aryl methyl sites for hydroxylation is 1. The molecule has 2 rings (SSSR count). The Hall–Kier alpha value is -1.34. The molecular formula is C15H15ClN2S. The maximum atomic E-state index is 8.85. The van der Waals surface area contributed by atoms with Crippen LogP contribution in [0, 0.1) is 18.3 Å². The Labute approximate surface area is 122 Å². The Morgan fingerprint density at radius 1 is 1.37 bits per heavy atom. The largest absolute Gasteiger partial charge is 0.305 e. The van der Waals surface area contributed by atoms with Crippen LogP contribution >= 0.6 is 22.9 Å². The highest BCUT2D eigenvalue weighted by atomic mass is 35.5. The van der Waals surface area contributed by atoms with Crippen LogP contribution in [0.3, 0.4) is 0 Å². The Kier molecular flexibility index (Phi) is 4.60. The van der Waals surface area contributed by atoms with Crippen molar-refractivity contribution in [3.8, 4) is 6.07 Å². The second-order valence-corrected chi connectivity index (χ2v) is 6.24. The fourth-order valence-electron chi connectivity index (χ4n) is 1.89. The van der Waals surface area contributed by atoms with E-state index in [2.05, 4.69) is 24.4 Å². The predicted octanol–water partition coefficient (Wildman–Crippen LogP) is 4.43. The fraction of sp³-hybridized carbons (Fsp3) is 0.267. The van der Waals surface area contributed by atoms with Crippen LogP contribution in [0.5, 0.6) is 0 Å². The molecule has 0 amide bonds. The minimum Gasteiger partial charge on any atom is -0.305 e. The lowest BCUT2D eigenvalue weighted by molar-refractivity contribution is 0.581. The van der Waals surface area contributed by atoms with Crippen LogP contribution < -0.4 is 5.32 Å². The summed E-state index contributed by atoms with van der Waals surface area (Å²) in [6, 6.07) is 12.2. The van der Waals surface area contributed by atoms with Crippen molar-refractivity contribution in [1.29, 1.82) is 5.26 Å². The molecule has 1 atom stereocenters. The molecular weight excluding hydrogens is 276 g/mol. The lowest BCUT2D eigenvalue weighted by Gasteiger charge is -2.13. The van der Waals surface area contributed by atoms with E-state index in [0.717, 1.165) is 16.4 Å². The third-order valence-corrected chi connectivity index (χ3v) is 4.51. The number of halogens is 1. The van der Waals surface area contributed by atoms with Crippen LogP contribution in [0.25, 0.3) is 0 Å². The van der Waals surface area contributed by atoms with Gasteiger partial charge < -0.3 is 5.32 Å². The summed E-state index contributed by atoms with van der Waals surface area (Å²) in [5.74, 6) is 0. The van der Waals surface area contributed by atoms with Crippen molar-refractivity contribution in [1.82, 2.24) is 5.32 Å². The molecule has 98 valence electrons. The third-order valence-electron chi connectivity index (χ3n) is 3.09. The number of nitrogens with one attached hydrogen (secondary N) is 1. The highest BCUT2D eigenvalue weighted by Crippen LogP contribution is 2.26. The Morgan fingerprint density at radius 3 is 2.74 bits per heavy atom. The maximum Gasteiger partial charge on any atom is 0.0991 e. The molecule has 1 aromatic heterocycles. The van der Waals surface area contributed by atoms with Crippen LogP contribution in [0.4, 0.5) is 0 Å². The van der Waals surface area contributed by atoms with E-state index in [-0.39, 0.29) is 6.04 Å². The van der Waals surface area contributed by atoms with Gasteiger partial charge in [-0.25, -0.2) is 0 Å². The maximum absolute atomic E-state index is 8.85. The molecule has 1 N–H and O–H groups in total. The number of nitriles is 1. The average Bonchev–Trinajstić information content (AvgIpc) is 2.83. The van der Waals surface area contributed by atoms with Crippen LogP contribution in [0.1, 0.15) is 34.5 Å². The van der Waals surface area contributed by atoms with E-state index < -0.39 is 0 Å². The Bertz CT molecular complexity index is 613. The highest BCUT2D eigenvalue weighted by Gasteiger charge is 2.08. The topological polar surface area (TPSA) is 35.8 Å². The van der Waals surface area contributed by atoms with Crippen molar-refractivity contribution < 1.29 is 0 Å². The first-order valence-corrected chi connectivity index (χ1v) is 7.28. The van der Waals surface area contributed by atoms with Crippen molar-refractivity contribution in [2.24, 2.45) is 0 Å². The zero-order valence-electron chi connectivity index (χ0n) is 10.9. The van der Waals surface area contributed by atoms with Gasteiger partial charge >= 0.3 is 0 Å². The molecule has 0 spiro atoms. The van der Waals surface area contributed by atoms with Crippen LogP contribution in [0.2, 0.25) is 4.34 Å². The molecule has 19 heavy (non-hydrogen) atoms. The van der Waals surface area contributed by atoms with Gasteiger partial charge in [-0.2, -0.15) is 5.26 Å². The molecule has 0 saturated heterocycles. The van der Waals surface area contributed by atoms with Gasteiger partial charge in [0.05, 0.1) is 16.0 Å². The molecule has 0 radical (unpaired) electrons. The van der Waals surface area contributed by atoms with Gasteiger partial charge in [0.15, 0.2) is 0 Å². The molecule has 0 saturated carbocycles. The van der Waals surface area contributed by atoms with Crippen LogP contribution in [0.15, 0.2) is 30.3 Å². The van der Waals surface area contributed by atoms with Gasteiger partial charge in [0, 0.05) is 17.5 Å². The molecule has 1 heterocycles. The first kappa shape index (κ1) is 14.1. The zero-order chi connectivity index (χ0) is 13.8. The van der Waals surface area contributed by atoms with Crippen molar-refractivity contribution in [2.45, 2.75) is 26.4 Å². The Balaban J connectivity index is 2.01. The lowest BCUT2D eigenvalue weighted by atomic mass is 10.1. The second kappa shape index (κ2) is 6.21. The van der Waals surface area contributed by atoms with E-state index in [1.807, 2.05) is 31.2 Å². The van der Waals surface area contributed by atoms with E-state index in [1.54, 1.807) is 11.3 Å². The van der Waals surface area contributed by atoms with E-state index in [9.17, 15) is 0 Å². The standard InChI is InChI=1S/C15H15ClN2S/c1-10-7-12(8-17)3-4-13(10)9-18-11(2)14-5-6-15(16)19-14/h3-7,11,18H,9H2,1-2H3. The molecule has 2 aromatic rings. The quantitative estimate of drug-likeness (QED) is 0.904. The second-order valence-electron chi connectivity index (χ2n) is 4.50. The molecule has 0 aliphatic rings. The first-order chi connectivity index (χ1) is 9.10. The van der Waals surface area contributed by atoms with Gasteiger partial charge in [0.25, 0.3) is 0 Å². The molecule has 1 unspecified atom stereocenters. The minimum atomic E-state index is 0.271. The van der Waals surface area contributed by atoms with E-state index in [0.29, 0.717) is 5.56 Å². The van der Waals surface area contributed by atoms with Gasteiger partial charge in [0.2, 0.25) is 0 Å². The molecule has 2 nitrogen and oxygen atoms in total. The van der Waals surface area contributed by atoms with Crippen molar-refractivity contribution in [3.63, 3.8) is 0 Å². The first-order valence-electron chi connectivity index (χ1n) is 6.08. The average molecular weight is 291 g/mol. The van der Waals surface area contributed by atoms with Gasteiger partial charge in [-0.1, -0.05) is 17.7 Å². The van der Waals surface area contributed by atoms with Gasteiger partial charge in [-0.05, 0) is 49.2 Å². The summed E-state index contributed by atoms with van der Waals surface area (Å²) in [6.45, 7) is 4.94. The SMILES string of the molecule is Cc1cc(C#N)ccc1CNC(C)c1ccc(Cl)s1. The smallest absolute Gasteiger partial charge is 0.0991 e. The number of benzene rings is 1. The number of rotatable bonds is 4. The molecule has 0 aliphatic carbocycles. The van der Waals surface area contributed by atoms with Gasteiger partial charge in [-0.3, -0.25) is 0 Å². The highest BCUT2D eigenvalue weighted by molar-refractivity contribution is 7.16. The minimum absolute atomic E-state index is 0.271. The van der Waals surface area contributed by atoms with Crippen molar-refractivity contribution in [2.75, 3.05) is 0 Å². The van der Waals surface area contributed by atoms with Crippen LogP contribution in [-0.4, -0.2) is 0 Å². The summed E-state index contributed by atoms with van der Waals surface area (Å²) in [5, 5.41) is 12.3. The summed E-state index contributed by atoms with van der Waals surface area (Å²) < 4.78 is 0.818. The van der Waals surface area contributed by atoms with E-state index >= 15 is 0 Å². The molecule has 1 aromatic carbocycles. The predicted molar refractivity (Wildman–Crippen MR) is 80.5 cm³/mol. The number of hydrogen-bond acceptors (Lipinski definition) is 3. The summed E-state index contributed by atoms with van der Waals surface area (Å²) in [4.78, 5) is 1.23. The van der Waals surface area contributed by atoms with E-state index in [4.69, 9.17) is 16.9 Å². The summed E-state index contributed by atoms with van der Waals surface area (Å²) in [7, 11) is 0. The monoisotopic (exact) mass is 290 g/mol. The lowest BCUT2D eigenvalue weighted by Crippen LogP contribution is -2.17. The normalized spacial score (nSPS) is 12.1. The number of hydrogen-bond donors (Lipinski definition) is 1. The van der Waals surface area contributed by atoms with Gasteiger partial charge in [-0.15, -0.1) is 11.3 Å². The fourth-order valence-corrected chi connectivity index (χ4v) is 2.98. The number of nitrogens with zero attached hydrogens (tertiary/aromatic N) is 1. The third kappa shape index (κ3) is 3.57. The Morgan fingerprint density at radius 2 is 2.16 bits per heavy atom. The summed E-state index contributed by atoms with van der Waals surface area (Å²) in [5.41, 5.74) is 3.07. The van der Waals surface area contributed by atoms with Gasteiger partial charge in [0.1, 0.15) is 0 Å². The zero-order valence-corrected chi connectivity index (χ0v) is 12.5. The van der Waals surface area contributed by atoms with Crippen molar-refractivity contribution in [3.05, 3.63) is 56.2 Å². The molecule has 0 fully saturated rings. The van der Waals surface area contributed by atoms with Crippen LogP contribution in [-0.2, 0) is 6.54 Å². The van der Waals surface area contributed by atoms with Crippen molar-refractivity contribution >= 4 is 22.9 Å². The molecule has 0 aliphatic heterocycles. The molecule has 0 bridgehead atoms. The summed E-state index contributed by atoms with van der Waals surface area (Å²) in [6.07, 6.45) is 0. The number of thiophene rings is 1.